The molecule has 0 saturated carbocycles. The van der Waals surface area contributed by atoms with Crippen LogP contribution in [0.2, 0.25) is 0 Å². The minimum Gasteiger partial charge on any atom is -0.508 e. The van der Waals surface area contributed by atoms with Gasteiger partial charge >= 0.3 is 6.03 Å². The first-order chi connectivity index (χ1) is 25.3. The number of aromatic hydroxyl groups is 2. The fraction of sp³-hybridized carbons (Fsp3) is 0.0541. The zero-order valence-electron chi connectivity index (χ0n) is 28.2. The largest absolute Gasteiger partial charge is 0.508 e. The molecule has 0 spiro atoms. The van der Waals surface area contributed by atoms with E-state index in [4.69, 9.17) is 0 Å². The average Bonchev–Trinajstić information content (AvgIpc) is 3.09. The molecule has 6 aromatic rings. The number of amides is 4. The molecule has 0 unspecified atom stereocenters. The molecule has 0 aliphatic heterocycles. The number of aryl methyl sites for hydroxylation is 2. The molecule has 0 fully saturated rings. The van der Waals surface area contributed by atoms with Gasteiger partial charge < -0.3 is 31.5 Å². The van der Waals surface area contributed by atoms with Gasteiger partial charge in [-0.25, -0.2) is 4.79 Å². The van der Waals surface area contributed by atoms with Crippen LogP contribution in [0.15, 0.2) is 107 Å². The molecule has 0 aliphatic rings. The maximum absolute atomic E-state index is 13.5. The average molecular weight is 771 g/mol. The van der Waals surface area contributed by atoms with E-state index >= 15 is 0 Å². The van der Waals surface area contributed by atoms with Crippen molar-refractivity contribution >= 4 is 82.4 Å². The number of nitrogens with one attached hydrogen (secondary N) is 4. The van der Waals surface area contributed by atoms with Gasteiger partial charge in [-0.2, -0.15) is 16.8 Å². The Morgan fingerprint density at radius 3 is 1.26 bits per heavy atom. The molecular weight excluding hydrogens is 741 g/mol. The molecule has 0 bridgehead atoms. The molecule has 15 nitrogen and oxygen atoms in total. The second-order valence-corrected chi connectivity index (χ2v) is 15.1. The van der Waals surface area contributed by atoms with E-state index in [1.165, 1.54) is 72.8 Å². The predicted molar refractivity (Wildman–Crippen MR) is 202 cm³/mol. The summed E-state index contributed by atoms with van der Waals surface area (Å²) in [5.74, 6) is -1.67. The lowest BCUT2D eigenvalue weighted by Crippen LogP contribution is -2.21. The van der Waals surface area contributed by atoms with Crippen molar-refractivity contribution in [1.29, 1.82) is 0 Å². The van der Waals surface area contributed by atoms with Crippen molar-refractivity contribution in [2.75, 3.05) is 21.3 Å². The maximum Gasteiger partial charge on any atom is 0.323 e. The molecular formula is C37H30N4O11S2. The topological polar surface area (TPSA) is 249 Å². The van der Waals surface area contributed by atoms with Crippen molar-refractivity contribution in [3.8, 4) is 11.5 Å². The van der Waals surface area contributed by atoms with E-state index in [9.17, 15) is 50.5 Å². The third-order valence-corrected chi connectivity index (χ3v) is 10.1. The summed E-state index contributed by atoms with van der Waals surface area (Å²) in [7, 11) is -9.30. The van der Waals surface area contributed by atoms with Crippen LogP contribution in [0.1, 0.15) is 31.8 Å². The van der Waals surface area contributed by atoms with Crippen molar-refractivity contribution in [2.45, 2.75) is 23.6 Å². The molecule has 0 heterocycles. The highest BCUT2D eigenvalue weighted by Crippen LogP contribution is 2.33. The molecule has 0 saturated heterocycles. The first-order valence-corrected chi connectivity index (χ1v) is 18.6. The van der Waals surface area contributed by atoms with Gasteiger partial charge in [0.25, 0.3) is 32.1 Å². The molecule has 276 valence electrons. The second kappa shape index (κ2) is 14.1. The number of phenols is 2. The van der Waals surface area contributed by atoms with E-state index in [1.807, 2.05) is 0 Å². The highest BCUT2D eigenvalue weighted by Gasteiger charge is 2.20. The van der Waals surface area contributed by atoms with Gasteiger partial charge in [-0.05, 0) is 109 Å². The second-order valence-electron chi connectivity index (χ2n) is 12.2. The van der Waals surface area contributed by atoms with Crippen LogP contribution in [0.4, 0.5) is 27.5 Å². The number of urea groups is 1. The summed E-state index contributed by atoms with van der Waals surface area (Å²) in [5, 5.41) is 31.7. The van der Waals surface area contributed by atoms with Crippen LogP contribution in [0.25, 0.3) is 21.5 Å². The molecule has 0 aromatic heterocycles. The number of anilines is 4. The van der Waals surface area contributed by atoms with Crippen molar-refractivity contribution in [1.82, 2.24) is 0 Å². The number of fused-ring (bicyclic) bond motifs is 2. The van der Waals surface area contributed by atoms with E-state index in [1.54, 1.807) is 26.0 Å². The molecule has 0 aliphatic carbocycles. The van der Waals surface area contributed by atoms with Gasteiger partial charge in [0, 0.05) is 33.3 Å². The highest BCUT2D eigenvalue weighted by atomic mass is 32.2. The molecule has 17 heteroatoms. The molecule has 4 amide bonds. The minimum absolute atomic E-state index is 0.00629. The van der Waals surface area contributed by atoms with Gasteiger partial charge in [0.2, 0.25) is 0 Å². The third-order valence-electron chi connectivity index (χ3n) is 8.40. The Labute approximate surface area is 307 Å². The fourth-order valence-electron chi connectivity index (χ4n) is 5.70. The van der Waals surface area contributed by atoms with Crippen LogP contribution in [0.3, 0.4) is 0 Å². The number of carbonyl (C=O) groups is 3. The van der Waals surface area contributed by atoms with Gasteiger partial charge in [-0.3, -0.25) is 18.7 Å². The van der Waals surface area contributed by atoms with Crippen LogP contribution < -0.4 is 21.3 Å². The summed E-state index contributed by atoms with van der Waals surface area (Å²) in [4.78, 5) is 39.1. The lowest BCUT2D eigenvalue weighted by Gasteiger charge is -2.15. The van der Waals surface area contributed by atoms with Crippen LogP contribution in [0, 0.1) is 13.8 Å². The van der Waals surface area contributed by atoms with Crippen LogP contribution in [0.5, 0.6) is 11.5 Å². The summed E-state index contributed by atoms with van der Waals surface area (Å²) < 4.78 is 67.0. The Bertz CT molecular complexity index is 2600. The van der Waals surface area contributed by atoms with E-state index in [0.717, 1.165) is 12.1 Å². The Kier molecular flexibility index (Phi) is 9.74. The highest BCUT2D eigenvalue weighted by molar-refractivity contribution is 7.86. The standard InChI is InChI=1S/C37H30N4O11S2/c1-19-3-7-23(13-29(19)35(44)40-33-17-27(53(47,48)49)11-21-5-9-25(42)15-31(21)33)38-37(46)39-24-8-4-20(2)30(14-24)36(45)41-34-18-28(54(50,51)52)12-22-6-10-26(43)16-32(22)34/h3-18,42-43H,1-2H3,(H,40,44)(H,41,45)(H2,38,39,46)(H,47,48,49)(H,50,51,52). The predicted octanol–water partition coefficient (Wildman–Crippen LogP) is 6.66. The lowest BCUT2D eigenvalue weighted by atomic mass is 10.1. The lowest BCUT2D eigenvalue weighted by molar-refractivity contribution is 0.101. The Morgan fingerprint density at radius 1 is 0.500 bits per heavy atom. The zero-order chi connectivity index (χ0) is 39.1. The van der Waals surface area contributed by atoms with Crippen LogP contribution in [-0.4, -0.2) is 54.0 Å². The normalized spacial score (nSPS) is 11.6. The Morgan fingerprint density at radius 2 is 0.889 bits per heavy atom. The molecule has 6 rings (SSSR count). The monoisotopic (exact) mass is 770 g/mol. The summed E-state index contributed by atoms with van der Waals surface area (Å²) in [6.07, 6.45) is 0. The SMILES string of the molecule is Cc1ccc(NC(=O)Nc2ccc(C)c(C(=O)Nc3cc(S(=O)(=O)O)cc4ccc(O)cc34)c2)cc1C(=O)Nc1cc(S(=O)(=O)O)cc2ccc(O)cc12. The van der Waals surface area contributed by atoms with Crippen LogP contribution in [-0.2, 0) is 20.2 Å². The number of hydrogen-bond donors (Lipinski definition) is 8. The van der Waals surface area contributed by atoms with Crippen molar-refractivity contribution in [3.63, 3.8) is 0 Å². The molecule has 6 aromatic carbocycles. The summed E-state index contributed by atoms with van der Waals surface area (Å²) in [5.41, 5.74) is 1.57. The number of carbonyl (C=O) groups excluding carboxylic acids is 3. The summed E-state index contributed by atoms with van der Waals surface area (Å²) in [6, 6.07) is 20.9. The smallest absolute Gasteiger partial charge is 0.323 e. The molecule has 0 atom stereocenters. The third kappa shape index (κ3) is 8.08. The van der Waals surface area contributed by atoms with Gasteiger partial charge in [0.05, 0.1) is 21.2 Å². The number of rotatable bonds is 8. The van der Waals surface area contributed by atoms with Crippen molar-refractivity contribution < 1.29 is 50.5 Å². The fourth-order valence-corrected chi connectivity index (χ4v) is 6.79. The summed E-state index contributed by atoms with van der Waals surface area (Å²) >= 11 is 0. The van der Waals surface area contributed by atoms with Gasteiger partial charge in [-0.15, -0.1) is 0 Å². The first-order valence-electron chi connectivity index (χ1n) is 15.8. The molecule has 0 radical (unpaired) electrons. The van der Waals surface area contributed by atoms with E-state index in [-0.39, 0.29) is 45.4 Å². The number of benzene rings is 6. The molecule has 8 N–H and O–H groups in total. The van der Waals surface area contributed by atoms with Crippen molar-refractivity contribution in [3.05, 3.63) is 119 Å². The summed E-state index contributed by atoms with van der Waals surface area (Å²) in [6.45, 7) is 3.28. The first kappa shape index (κ1) is 37.2. The zero-order valence-corrected chi connectivity index (χ0v) is 29.8. The van der Waals surface area contributed by atoms with Crippen molar-refractivity contribution in [2.24, 2.45) is 0 Å². The quantitative estimate of drug-likeness (QED) is 0.0760. The van der Waals surface area contributed by atoms with Gasteiger partial charge in [0.15, 0.2) is 0 Å². The van der Waals surface area contributed by atoms with E-state index < -0.39 is 47.9 Å². The minimum atomic E-state index is -4.65. The Balaban J connectivity index is 1.21. The van der Waals surface area contributed by atoms with Gasteiger partial charge in [-0.1, -0.05) is 24.3 Å². The van der Waals surface area contributed by atoms with E-state index in [0.29, 0.717) is 32.7 Å². The number of phenolic OH excluding ortho intramolecular Hbond substituents is 2. The molecule has 54 heavy (non-hydrogen) atoms. The maximum atomic E-state index is 13.5. The van der Waals surface area contributed by atoms with E-state index in [2.05, 4.69) is 21.3 Å². The van der Waals surface area contributed by atoms with Gasteiger partial charge in [0.1, 0.15) is 11.5 Å². The Hall–Kier alpha value is -6.53. The number of hydrogen-bond acceptors (Lipinski definition) is 9. The van der Waals surface area contributed by atoms with Crippen LogP contribution >= 0.6 is 0 Å².